The number of amides is 1. The molecule has 1 N–H and O–H groups in total. The van der Waals surface area contributed by atoms with Crippen molar-refractivity contribution in [3.8, 4) is 11.5 Å². The summed E-state index contributed by atoms with van der Waals surface area (Å²) >= 11 is 0. The first kappa shape index (κ1) is 24.0. The van der Waals surface area contributed by atoms with Crippen LogP contribution in [-0.2, 0) is 24.3 Å². The molecule has 0 bridgehead atoms. The molecule has 1 saturated heterocycles. The molecule has 2 aliphatic heterocycles. The molecular weight excluding hydrogens is 467 g/mol. The van der Waals surface area contributed by atoms with Crippen LogP contribution >= 0.6 is 0 Å². The lowest BCUT2D eigenvalue weighted by Gasteiger charge is -2.30. The number of sulfonamides is 1. The maximum atomic E-state index is 13.1. The number of piperidine rings is 1. The zero-order valence-electron chi connectivity index (χ0n) is 18.5. The van der Waals surface area contributed by atoms with E-state index < -0.39 is 39.7 Å². The molecule has 0 saturated carbocycles. The number of nitrogens with zero attached hydrogens (tertiary/aromatic N) is 1. The van der Waals surface area contributed by atoms with E-state index in [-0.39, 0.29) is 30.8 Å². The van der Waals surface area contributed by atoms with Crippen molar-refractivity contribution in [1.82, 2.24) is 4.31 Å². The maximum absolute atomic E-state index is 13.1. The Morgan fingerprint density at radius 1 is 1.06 bits per heavy atom. The summed E-state index contributed by atoms with van der Waals surface area (Å²) in [6.07, 6.45) is -0.521. The molecule has 11 heteroatoms. The minimum atomic E-state index is -3.77. The first-order valence-electron chi connectivity index (χ1n) is 10.9. The van der Waals surface area contributed by atoms with Crippen LogP contribution in [0, 0.1) is 11.7 Å². The third kappa shape index (κ3) is 5.31. The lowest BCUT2D eigenvalue weighted by atomic mass is 9.98. The van der Waals surface area contributed by atoms with E-state index in [9.17, 15) is 22.4 Å². The molecule has 1 atom stereocenters. The molecule has 2 aromatic carbocycles. The fourth-order valence-electron chi connectivity index (χ4n) is 3.78. The van der Waals surface area contributed by atoms with Crippen LogP contribution in [0.3, 0.4) is 0 Å². The first-order chi connectivity index (χ1) is 16.2. The Bertz CT molecular complexity index is 1160. The van der Waals surface area contributed by atoms with E-state index >= 15 is 0 Å². The van der Waals surface area contributed by atoms with Gasteiger partial charge in [-0.3, -0.25) is 9.59 Å². The summed E-state index contributed by atoms with van der Waals surface area (Å²) in [6.45, 7) is 2.60. The number of carbonyl (C=O) groups excluding carboxylic acids is 2. The van der Waals surface area contributed by atoms with Gasteiger partial charge in [0.15, 0.2) is 17.6 Å². The van der Waals surface area contributed by atoms with Crippen molar-refractivity contribution in [2.24, 2.45) is 5.92 Å². The van der Waals surface area contributed by atoms with Crippen molar-refractivity contribution in [2.45, 2.75) is 30.8 Å². The van der Waals surface area contributed by atoms with E-state index in [1.165, 1.54) is 23.4 Å². The van der Waals surface area contributed by atoms with Crippen molar-refractivity contribution in [2.75, 3.05) is 31.6 Å². The molecule has 182 valence electrons. The van der Waals surface area contributed by atoms with Crippen molar-refractivity contribution in [3.05, 3.63) is 48.3 Å². The Balaban J connectivity index is 1.28. The number of anilines is 1. The van der Waals surface area contributed by atoms with Crippen molar-refractivity contribution >= 4 is 27.6 Å². The quantitative estimate of drug-likeness (QED) is 0.617. The predicted molar refractivity (Wildman–Crippen MR) is 119 cm³/mol. The van der Waals surface area contributed by atoms with E-state index in [0.29, 0.717) is 30.4 Å². The summed E-state index contributed by atoms with van der Waals surface area (Å²) in [5.74, 6) is -0.977. The molecule has 0 aromatic heterocycles. The topological polar surface area (TPSA) is 111 Å². The molecular formula is C23H25FN2O7S. The van der Waals surface area contributed by atoms with E-state index in [1.807, 2.05) is 0 Å². The fraction of sp³-hybridized carbons (Fsp3) is 0.391. The molecule has 9 nitrogen and oxygen atoms in total. The molecule has 1 unspecified atom stereocenters. The van der Waals surface area contributed by atoms with E-state index in [2.05, 4.69) is 5.32 Å². The molecule has 0 radical (unpaired) electrons. The van der Waals surface area contributed by atoms with Gasteiger partial charge in [-0.25, -0.2) is 12.8 Å². The van der Waals surface area contributed by atoms with E-state index in [4.69, 9.17) is 14.2 Å². The Labute approximate surface area is 196 Å². The number of fused-ring (bicyclic) bond motifs is 1. The van der Waals surface area contributed by atoms with Crippen LogP contribution in [0.5, 0.6) is 11.5 Å². The Kier molecular flexibility index (Phi) is 7.03. The molecule has 2 heterocycles. The van der Waals surface area contributed by atoms with Crippen LogP contribution in [-0.4, -0.2) is 57.0 Å². The van der Waals surface area contributed by atoms with Crippen molar-refractivity contribution in [1.29, 1.82) is 0 Å². The molecule has 2 aliphatic rings. The van der Waals surface area contributed by atoms with Gasteiger partial charge in [0.1, 0.15) is 19.0 Å². The average Bonchev–Trinajstić information content (AvgIpc) is 2.84. The van der Waals surface area contributed by atoms with Gasteiger partial charge in [-0.1, -0.05) is 0 Å². The monoisotopic (exact) mass is 492 g/mol. The highest BCUT2D eigenvalue weighted by Gasteiger charge is 2.34. The Morgan fingerprint density at radius 3 is 2.38 bits per heavy atom. The van der Waals surface area contributed by atoms with Crippen LogP contribution in [0.2, 0.25) is 0 Å². The van der Waals surface area contributed by atoms with Crippen LogP contribution in [0.4, 0.5) is 10.1 Å². The number of hydrogen-bond donors (Lipinski definition) is 1. The summed E-state index contributed by atoms with van der Waals surface area (Å²) in [7, 11) is -3.77. The van der Waals surface area contributed by atoms with Crippen LogP contribution in [0.1, 0.15) is 19.8 Å². The van der Waals surface area contributed by atoms with Crippen LogP contribution < -0.4 is 14.8 Å². The van der Waals surface area contributed by atoms with Crippen molar-refractivity contribution in [3.63, 3.8) is 0 Å². The Hall–Kier alpha value is -3.18. The normalized spacial score (nSPS) is 17.6. The van der Waals surface area contributed by atoms with Gasteiger partial charge in [-0.2, -0.15) is 4.31 Å². The zero-order valence-corrected chi connectivity index (χ0v) is 19.3. The molecule has 34 heavy (non-hydrogen) atoms. The van der Waals surface area contributed by atoms with E-state index in [0.717, 1.165) is 12.1 Å². The second-order valence-electron chi connectivity index (χ2n) is 8.06. The molecule has 2 aromatic rings. The second kappa shape index (κ2) is 9.98. The summed E-state index contributed by atoms with van der Waals surface area (Å²) in [4.78, 5) is 25.1. The largest absolute Gasteiger partial charge is 0.486 e. The van der Waals surface area contributed by atoms with Gasteiger partial charge < -0.3 is 19.5 Å². The third-order valence-electron chi connectivity index (χ3n) is 5.71. The zero-order chi connectivity index (χ0) is 24.3. The molecule has 4 rings (SSSR count). The average molecular weight is 493 g/mol. The molecule has 1 amide bonds. The number of benzene rings is 2. The minimum Gasteiger partial charge on any atom is -0.486 e. The minimum absolute atomic E-state index is 0.000592. The van der Waals surface area contributed by atoms with Gasteiger partial charge in [0, 0.05) is 24.8 Å². The lowest BCUT2D eigenvalue weighted by molar-refractivity contribution is -0.158. The lowest BCUT2D eigenvalue weighted by Crippen LogP contribution is -2.41. The van der Waals surface area contributed by atoms with Gasteiger partial charge in [-0.15, -0.1) is 0 Å². The summed E-state index contributed by atoms with van der Waals surface area (Å²) in [6, 6.07) is 9.60. The van der Waals surface area contributed by atoms with Crippen LogP contribution in [0.25, 0.3) is 0 Å². The number of ether oxygens (including phenoxy) is 3. The number of rotatable bonds is 6. The molecule has 0 spiro atoms. The highest BCUT2D eigenvalue weighted by atomic mass is 32.2. The van der Waals surface area contributed by atoms with Gasteiger partial charge in [0.2, 0.25) is 10.0 Å². The maximum Gasteiger partial charge on any atom is 0.309 e. The smallest absolute Gasteiger partial charge is 0.309 e. The number of hydrogen-bond acceptors (Lipinski definition) is 7. The number of nitrogens with one attached hydrogen (secondary N) is 1. The standard InChI is InChI=1S/C23H25FN2O7S/c1-15(22(27)25-18-4-7-20-21(14-18)32-13-12-31-20)33-23(28)16-8-10-26(11-9-16)34(29,30)19-5-2-17(24)3-6-19/h2-7,14-16H,8-13H2,1H3,(H,25,27). The second-order valence-corrected chi connectivity index (χ2v) is 10.00. The predicted octanol–water partition coefficient (Wildman–Crippen LogP) is 2.57. The summed E-state index contributed by atoms with van der Waals surface area (Å²) in [5, 5.41) is 2.68. The van der Waals surface area contributed by atoms with E-state index in [1.54, 1.807) is 18.2 Å². The summed E-state index contributed by atoms with van der Waals surface area (Å²) in [5.41, 5.74) is 0.483. The van der Waals surface area contributed by atoms with Gasteiger partial charge in [0.05, 0.1) is 10.8 Å². The Morgan fingerprint density at radius 2 is 1.71 bits per heavy atom. The van der Waals surface area contributed by atoms with Gasteiger partial charge in [-0.05, 0) is 56.2 Å². The third-order valence-corrected chi connectivity index (χ3v) is 7.62. The van der Waals surface area contributed by atoms with Crippen molar-refractivity contribution < 1.29 is 36.6 Å². The van der Waals surface area contributed by atoms with Crippen LogP contribution in [0.15, 0.2) is 47.4 Å². The first-order valence-corrected chi connectivity index (χ1v) is 12.3. The van der Waals surface area contributed by atoms with Gasteiger partial charge in [0.25, 0.3) is 5.91 Å². The number of esters is 1. The fourth-order valence-corrected chi connectivity index (χ4v) is 5.25. The molecule has 1 fully saturated rings. The molecule has 0 aliphatic carbocycles. The highest BCUT2D eigenvalue weighted by Crippen LogP contribution is 2.32. The number of halogens is 1. The number of carbonyl (C=O) groups is 2. The SMILES string of the molecule is CC(OC(=O)C1CCN(S(=O)(=O)c2ccc(F)cc2)CC1)C(=O)Nc1ccc2c(c1)OCCO2. The highest BCUT2D eigenvalue weighted by molar-refractivity contribution is 7.89. The van der Waals surface area contributed by atoms with Gasteiger partial charge >= 0.3 is 5.97 Å². The summed E-state index contributed by atoms with van der Waals surface area (Å²) < 4.78 is 56.1.